The van der Waals surface area contributed by atoms with Gasteiger partial charge in [0.25, 0.3) is 0 Å². The van der Waals surface area contributed by atoms with E-state index in [1.807, 2.05) is 38.1 Å². The zero-order chi connectivity index (χ0) is 9.84. The molecule has 1 aromatic carbocycles. The molecule has 0 aromatic heterocycles. The van der Waals surface area contributed by atoms with Crippen LogP contribution in [0.5, 0.6) is 5.75 Å². The second-order valence-corrected chi connectivity index (χ2v) is 5.03. The largest absolute Gasteiger partial charge is 0.497 e. The number of ether oxygens (including phenoxy) is 1. The number of hydrogen-bond acceptors (Lipinski definition) is 2. The van der Waals surface area contributed by atoms with Gasteiger partial charge in [0.2, 0.25) is 0 Å². The summed E-state index contributed by atoms with van der Waals surface area (Å²) in [5, 5.41) is 0.161. The normalized spacial score (nSPS) is 12.9. The summed E-state index contributed by atoms with van der Waals surface area (Å²) in [7, 11) is 0.719. The Bertz CT molecular complexity index is 290. The molecule has 0 spiro atoms. The lowest BCUT2D eigenvalue weighted by molar-refractivity contribution is 0.414. The Morgan fingerprint density at radius 3 is 2.15 bits per heavy atom. The van der Waals surface area contributed by atoms with Crippen molar-refractivity contribution in [2.45, 2.75) is 24.0 Å². The minimum atomic E-state index is -0.901. The Morgan fingerprint density at radius 2 is 1.77 bits per heavy atom. The highest BCUT2D eigenvalue weighted by Gasteiger charge is 2.07. The first-order chi connectivity index (χ1) is 6.15. The zero-order valence-electron chi connectivity index (χ0n) is 8.11. The maximum Gasteiger partial charge on any atom is 0.118 e. The molecule has 1 rings (SSSR count). The highest BCUT2D eigenvalue weighted by molar-refractivity contribution is 7.85. The van der Waals surface area contributed by atoms with Crippen molar-refractivity contribution in [1.29, 1.82) is 0 Å². The monoisotopic (exact) mass is 198 g/mol. The standard InChI is InChI=1S/C10H14O2S/c1-8(2)13(11)10-6-4-9(12-3)5-7-10/h4-8H,1-3H3. The maximum atomic E-state index is 11.6. The smallest absolute Gasteiger partial charge is 0.118 e. The Labute approximate surface area is 81.4 Å². The molecule has 0 heterocycles. The summed E-state index contributed by atoms with van der Waals surface area (Å²) < 4.78 is 16.6. The van der Waals surface area contributed by atoms with Crippen LogP contribution in [-0.4, -0.2) is 16.6 Å². The van der Waals surface area contributed by atoms with E-state index in [2.05, 4.69) is 0 Å². The van der Waals surface area contributed by atoms with Gasteiger partial charge in [-0.25, -0.2) is 0 Å². The summed E-state index contributed by atoms with van der Waals surface area (Å²) >= 11 is 0. The number of benzene rings is 1. The van der Waals surface area contributed by atoms with Gasteiger partial charge in [0.1, 0.15) is 5.75 Å². The fourth-order valence-corrected chi connectivity index (χ4v) is 1.93. The van der Waals surface area contributed by atoms with Crippen LogP contribution in [0.2, 0.25) is 0 Å². The van der Waals surface area contributed by atoms with Crippen LogP contribution in [0.15, 0.2) is 29.2 Å². The van der Waals surface area contributed by atoms with Crippen molar-refractivity contribution in [3.05, 3.63) is 24.3 Å². The van der Waals surface area contributed by atoms with Crippen LogP contribution in [0.25, 0.3) is 0 Å². The molecular weight excluding hydrogens is 184 g/mol. The predicted molar refractivity (Wildman–Crippen MR) is 54.5 cm³/mol. The highest BCUT2D eigenvalue weighted by atomic mass is 32.2. The van der Waals surface area contributed by atoms with Gasteiger partial charge in [-0.1, -0.05) is 13.8 Å². The number of methoxy groups -OCH3 is 1. The van der Waals surface area contributed by atoms with E-state index in [9.17, 15) is 4.21 Å². The topological polar surface area (TPSA) is 26.3 Å². The molecule has 13 heavy (non-hydrogen) atoms. The third-order valence-electron chi connectivity index (χ3n) is 1.72. The predicted octanol–water partition coefficient (Wildman–Crippen LogP) is 2.21. The molecule has 1 unspecified atom stereocenters. The summed E-state index contributed by atoms with van der Waals surface area (Å²) in [6.45, 7) is 3.89. The Balaban J connectivity index is 2.86. The van der Waals surface area contributed by atoms with Crippen molar-refractivity contribution < 1.29 is 8.95 Å². The minimum absolute atomic E-state index is 0.161. The molecule has 0 bridgehead atoms. The highest BCUT2D eigenvalue weighted by Crippen LogP contribution is 2.16. The van der Waals surface area contributed by atoms with Gasteiger partial charge in [0.15, 0.2) is 0 Å². The minimum Gasteiger partial charge on any atom is -0.497 e. The van der Waals surface area contributed by atoms with E-state index in [0.717, 1.165) is 10.6 Å². The van der Waals surface area contributed by atoms with Crippen LogP contribution in [0.1, 0.15) is 13.8 Å². The third kappa shape index (κ3) is 2.56. The van der Waals surface area contributed by atoms with Crippen LogP contribution in [0, 0.1) is 0 Å². The van der Waals surface area contributed by atoms with Crippen LogP contribution in [-0.2, 0) is 10.8 Å². The molecule has 0 aliphatic heterocycles. The maximum absolute atomic E-state index is 11.6. The van der Waals surface area contributed by atoms with Gasteiger partial charge in [-0.15, -0.1) is 0 Å². The molecule has 0 N–H and O–H groups in total. The summed E-state index contributed by atoms with van der Waals surface area (Å²) in [5.41, 5.74) is 0. The molecule has 0 aliphatic carbocycles. The van der Waals surface area contributed by atoms with E-state index in [1.165, 1.54) is 0 Å². The molecule has 0 fully saturated rings. The quantitative estimate of drug-likeness (QED) is 0.744. The van der Waals surface area contributed by atoms with Crippen LogP contribution < -0.4 is 4.74 Å². The van der Waals surface area contributed by atoms with Crippen LogP contribution in [0.4, 0.5) is 0 Å². The first-order valence-corrected chi connectivity index (χ1v) is 5.41. The molecule has 72 valence electrons. The molecular formula is C10H14O2S. The Kier molecular flexibility index (Phi) is 3.48. The molecule has 1 atom stereocenters. The van der Waals surface area contributed by atoms with Gasteiger partial charge in [0, 0.05) is 10.1 Å². The zero-order valence-corrected chi connectivity index (χ0v) is 8.93. The van der Waals surface area contributed by atoms with Gasteiger partial charge in [-0.05, 0) is 24.3 Å². The van der Waals surface area contributed by atoms with Gasteiger partial charge in [-0.3, -0.25) is 4.21 Å². The molecule has 0 saturated carbocycles. The van der Waals surface area contributed by atoms with Gasteiger partial charge in [-0.2, -0.15) is 0 Å². The number of hydrogen-bond donors (Lipinski definition) is 0. The fourth-order valence-electron chi connectivity index (χ4n) is 0.982. The number of rotatable bonds is 3. The fraction of sp³-hybridized carbons (Fsp3) is 0.400. The Hall–Kier alpha value is -0.830. The third-order valence-corrected chi connectivity index (χ3v) is 3.31. The van der Waals surface area contributed by atoms with Crippen molar-refractivity contribution >= 4 is 10.8 Å². The second-order valence-electron chi connectivity index (χ2n) is 3.02. The molecule has 2 nitrogen and oxygen atoms in total. The van der Waals surface area contributed by atoms with Crippen molar-refractivity contribution in [3.8, 4) is 5.75 Å². The van der Waals surface area contributed by atoms with Crippen molar-refractivity contribution in [1.82, 2.24) is 0 Å². The molecule has 0 saturated heterocycles. The van der Waals surface area contributed by atoms with E-state index >= 15 is 0 Å². The molecule has 0 amide bonds. The van der Waals surface area contributed by atoms with Crippen molar-refractivity contribution in [2.75, 3.05) is 7.11 Å². The first-order valence-electron chi connectivity index (χ1n) is 4.19. The van der Waals surface area contributed by atoms with Gasteiger partial charge < -0.3 is 4.74 Å². The molecule has 3 heteroatoms. The second kappa shape index (κ2) is 4.42. The SMILES string of the molecule is COc1ccc(S(=O)C(C)C)cc1. The van der Waals surface area contributed by atoms with Crippen LogP contribution >= 0.6 is 0 Å². The van der Waals surface area contributed by atoms with Crippen LogP contribution in [0.3, 0.4) is 0 Å². The van der Waals surface area contributed by atoms with E-state index < -0.39 is 10.8 Å². The lowest BCUT2D eigenvalue weighted by atomic mass is 10.3. The van der Waals surface area contributed by atoms with Gasteiger partial charge >= 0.3 is 0 Å². The average Bonchev–Trinajstić information content (AvgIpc) is 2.17. The van der Waals surface area contributed by atoms with Crippen molar-refractivity contribution in [2.24, 2.45) is 0 Å². The average molecular weight is 198 g/mol. The lowest BCUT2D eigenvalue weighted by Crippen LogP contribution is -2.05. The van der Waals surface area contributed by atoms with E-state index in [1.54, 1.807) is 7.11 Å². The van der Waals surface area contributed by atoms with E-state index in [4.69, 9.17) is 4.74 Å². The van der Waals surface area contributed by atoms with Crippen molar-refractivity contribution in [3.63, 3.8) is 0 Å². The van der Waals surface area contributed by atoms with Gasteiger partial charge in [0.05, 0.1) is 17.9 Å². The lowest BCUT2D eigenvalue weighted by Gasteiger charge is -2.05. The Morgan fingerprint density at radius 1 is 1.23 bits per heavy atom. The molecule has 0 radical (unpaired) electrons. The first kappa shape index (κ1) is 10.3. The summed E-state index contributed by atoms with van der Waals surface area (Å²) in [4.78, 5) is 0.857. The molecule has 0 aliphatic rings. The summed E-state index contributed by atoms with van der Waals surface area (Å²) in [6.07, 6.45) is 0. The molecule has 1 aromatic rings. The van der Waals surface area contributed by atoms with E-state index in [-0.39, 0.29) is 5.25 Å². The summed E-state index contributed by atoms with van der Waals surface area (Å²) in [5.74, 6) is 0.796. The summed E-state index contributed by atoms with van der Waals surface area (Å²) in [6, 6.07) is 7.34. The van der Waals surface area contributed by atoms with E-state index in [0.29, 0.717) is 0 Å².